The van der Waals surface area contributed by atoms with Crippen molar-refractivity contribution in [1.29, 1.82) is 0 Å². The predicted molar refractivity (Wildman–Crippen MR) is 118 cm³/mol. The Labute approximate surface area is 178 Å². The van der Waals surface area contributed by atoms with Crippen molar-refractivity contribution in [3.05, 3.63) is 59.2 Å². The molecular weight excluding hydrogens is 380 g/mol. The van der Waals surface area contributed by atoms with E-state index >= 15 is 0 Å². The van der Waals surface area contributed by atoms with E-state index in [1.54, 1.807) is 24.4 Å². The molecule has 1 heterocycles. The number of hydrogen-bond donors (Lipinski definition) is 2. The first-order valence-corrected chi connectivity index (χ1v) is 10.3. The molecule has 0 bridgehead atoms. The molecule has 160 valence electrons. The number of aromatic hydroxyl groups is 1. The predicted octanol–water partition coefficient (Wildman–Crippen LogP) is 2.37. The fourth-order valence-electron chi connectivity index (χ4n) is 3.36. The van der Waals surface area contributed by atoms with Gasteiger partial charge in [0.15, 0.2) is 11.5 Å². The average molecular weight is 411 g/mol. The van der Waals surface area contributed by atoms with Crippen LogP contribution in [0.4, 0.5) is 0 Å². The normalized spacial score (nSPS) is 15.4. The van der Waals surface area contributed by atoms with Crippen LogP contribution in [0.5, 0.6) is 11.5 Å². The Balaban J connectivity index is 1.40. The maximum Gasteiger partial charge on any atom is 0.254 e. The number of amides is 1. The van der Waals surface area contributed by atoms with Crippen LogP contribution in [-0.2, 0) is 11.3 Å². The van der Waals surface area contributed by atoms with Gasteiger partial charge in [0, 0.05) is 32.7 Å². The van der Waals surface area contributed by atoms with Crippen molar-refractivity contribution < 1.29 is 14.6 Å². The quantitative estimate of drug-likeness (QED) is 0.516. The minimum absolute atomic E-state index is 0.0829. The molecule has 7 nitrogen and oxygen atoms in total. The van der Waals surface area contributed by atoms with E-state index in [0.29, 0.717) is 18.9 Å². The summed E-state index contributed by atoms with van der Waals surface area (Å²) in [6.45, 7) is 9.29. The lowest BCUT2D eigenvalue weighted by Crippen LogP contribution is -2.48. The summed E-state index contributed by atoms with van der Waals surface area (Å²) in [5.74, 6) is 0.345. The lowest BCUT2D eigenvalue weighted by molar-refractivity contribution is -0.122. The molecule has 1 fully saturated rings. The molecule has 1 saturated heterocycles. The zero-order chi connectivity index (χ0) is 21.3. The van der Waals surface area contributed by atoms with Crippen molar-refractivity contribution in [3.8, 4) is 11.5 Å². The molecule has 0 aliphatic carbocycles. The summed E-state index contributed by atoms with van der Waals surface area (Å²) in [6, 6.07) is 13.6. The largest absolute Gasteiger partial charge is 0.504 e. The minimum Gasteiger partial charge on any atom is -0.504 e. The molecule has 2 N–H and O–H groups in total. The van der Waals surface area contributed by atoms with Crippen LogP contribution in [0, 0.1) is 6.92 Å². The molecule has 0 aromatic heterocycles. The highest BCUT2D eigenvalue weighted by Crippen LogP contribution is 2.26. The van der Waals surface area contributed by atoms with E-state index in [1.807, 2.05) is 6.92 Å². The van der Waals surface area contributed by atoms with Gasteiger partial charge in [0.1, 0.15) is 0 Å². The van der Waals surface area contributed by atoms with E-state index in [9.17, 15) is 9.90 Å². The van der Waals surface area contributed by atoms with Crippen LogP contribution in [0.15, 0.2) is 47.6 Å². The van der Waals surface area contributed by atoms with Crippen molar-refractivity contribution in [2.45, 2.75) is 20.4 Å². The van der Waals surface area contributed by atoms with Crippen molar-refractivity contribution in [2.75, 3.05) is 39.3 Å². The summed E-state index contributed by atoms with van der Waals surface area (Å²) < 4.78 is 5.35. The van der Waals surface area contributed by atoms with Gasteiger partial charge in [-0.05, 0) is 43.2 Å². The van der Waals surface area contributed by atoms with Crippen molar-refractivity contribution in [3.63, 3.8) is 0 Å². The molecule has 1 aliphatic heterocycles. The Bertz CT molecular complexity index is 859. The van der Waals surface area contributed by atoms with Crippen LogP contribution in [0.3, 0.4) is 0 Å². The summed E-state index contributed by atoms with van der Waals surface area (Å²) in [4.78, 5) is 16.7. The first-order valence-electron chi connectivity index (χ1n) is 10.3. The number of ether oxygens (including phenoxy) is 1. The molecule has 0 saturated carbocycles. The van der Waals surface area contributed by atoms with Crippen LogP contribution in [-0.4, -0.2) is 66.4 Å². The zero-order valence-electron chi connectivity index (χ0n) is 17.7. The number of carbonyl (C=O) groups is 1. The van der Waals surface area contributed by atoms with Crippen LogP contribution in [0.2, 0.25) is 0 Å². The van der Waals surface area contributed by atoms with E-state index < -0.39 is 0 Å². The number of rotatable bonds is 8. The molecule has 2 aromatic carbocycles. The van der Waals surface area contributed by atoms with Gasteiger partial charge in [-0.2, -0.15) is 5.10 Å². The van der Waals surface area contributed by atoms with Crippen LogP contribution >= 0.6 is 0 Å². The number of nitrogens with zero attached hydrogens (tertiary/aromatic N) is 3. The van der Waals surface area contributed by atoms with Crippen molar-refractivity contribution in [2.24, 2.45) is 5.10 Å². The van der Waals surface area contributed by atoms with E-state index in [-0.39, 0.29) is 11.7 Å². The number of nitrogens with one attached hydrogen (secondary N) is 1. The third kappa shape index (κ3) is 6.57. The first kappa shape index (κ1) is 21.8. The van der Waals surface area contributed by atoms with E-state index in [1.165, 1.54) is 11.1 Å². The Kier molecular flexibility index (Phi) is 7.82. The lowest BCUT2D eigenvalue weighted by Gasteiger charge is -2.34. The topological polar surface area (TPSA) is 77.4 Å². The van der Waals surface area contributed by atoms with Crippen LogP contribution < -0.4 is 10.2 Å². The second kappa shape index (κ2) is 10.8. The van der Waals surface area contributed by atoms with Gasteiger partial charge in [-0.25, -0.2) is 5.43 Å². The SMILES string of the molecule is CCOc1cc(/C=N/NC(=O)CN2CCN(Cc3ccc(C)cc3)CC2)ccc1O. The average Bonchev–Trinajstić information content (AvgIpc) is 2.74. The second-order valence-corrected chi connectivity index (χ2v) is 7.49. The number of piperazine rings is 1. The van der Waals surface area contributed by atoms with Gasteiger partial charge in [0.05, 0.1) is 19.4 Å². The summed E-state index contributed by atoms with van der Waals surface area (Å²) in [6.07, 6.45) is 1.54. The van der Waals surface area contributed by atoms with Gasteiger partial charge >= 0.3 is 0 Å². The molecule has 7 heteroatoms. The van der Waals surface area contributed by atoms with Crippen molar-refractivity contribution in [1.82, 2.24) is 15.2 Å². The van der Waals surface area contributed by atoms with E-state index in [4.69, 9.17) is 4.74 Å². The monoisotopic (exact) mass is 410 g/mol. The zero-order valence-corrected chi connectivity index (χ0v) is 17.7. The Hall–Kier alpha value is -2.90. The minimum atomic E-state index is -0.137. The smallest absolute Gasteiger partial charge is 0.254 e. The molecule has 1 amide bonds. The Morgan fingerprint density at radius 1 is 1.13 bits per heavy atom. The number of hydrogen-bond acceptors (Lipinski definition) is 6. The van der Waals surface area contributed by atoms with Gasteiger partial charge in [0.25, 0.3) is 5.91 Å². The first-order chi connectivity index (χ1) is 14.5. The molecular formula is C23H30N4O3. The highest BCUT2D eigenvalue weighted by atomic mass is 16.5. The summed E-state index contributed by atoms with van der Waals surface area (Å²) in [5.41, 5.74) is 5.91. The molecule has 2 aromatic rings. The lowest BCUT2D eigenvalue weighted by atomic mass is 10.1. The summed E-state index contributed by atoms with van der Waals surface area (Å²) in [5, 5.41) is 13.7. The number of hydrazone groups is 1. The van der Waals surface area contributed by atoms with Crippen molar-refractivity contribution >= 4 is 12.1 Å². The van der Waals surface area contributed by atoms with Crippen LogP contribution in [0.25, 0.3) is 0 Å². The molecule has 3 rings (SSSR count). The maximum absolute atomic E-state index is 12.2. The van der Waals surface area contributed by atoms with Gasteiger partial charge in [-0.1, -0.05) is 29.8 Å². The molecule has 30 heavy (non-hydrogen) atoms. The van der Waals surface area contributed by atoms with E-state index in [0.717, 1.165) is 38.3 Å². The number of phenolic OH excluding ortho intramolecular Hbond substituents is 1. The van der Waals surface area contributed by atoms with Crippen LogP contribution in [0.1, 0.15) is 23.6 Å². The Morgan fingerprint density at radius 2 is 1.83 bits per heavy atom. The molecule has 0 radical (unpaired) electrons. The highest BCUT2D eigenvalue weighted by molar-refractivity contribution is 5.83. The standard InChI is InChI=1S/C23H30N4O3/c1-3-30-22-14-20(8-9-21(22)28)15-24-25-23(29)17-27-12-10-26(11-13-27)16-19-6-4-18(2)5-7-19/h4-9,14-15,28H,3,10-13,16-17H2,1-2H3,(H,25,29)/b24-15+. The molecule has 1 aliphatic rings. The maximum atomic E-state index is 12.2. The third-order valence-electron chi connectivity index (χ3n) is 5.05. The fraction of sp³-hybridized carbons (Fsp3) is 0.391. The van der Waals surface area contributed by atoms with Gasteiger partial charge in [-0.15, -0.1) is 0 Å². The van der Waals surface area contributed by atoms with E-state index in [2.05, 4.69) is 51.5 Å². The summed E-state index contributed by atoms with van der Waals surface area (Å²) in [7, 11) is 0. The van der Waals surface area contributed by atoms with Gasteiger partial charge < -0.3 is 9.84 Å². The fourth-order valence-corrected chi connectivity index (χ4v) is 3.36. The number of benzene rings is 2. The third-order valence-corrected chi connectivity index (χ3v) is 5.05. The number of phenols is 1. The Morgan fingerprint density at radius 3 is 2.53 bits per heavy atom. The number of aryl methyl sites for hydroxylation is 1. The summed E-state index contributed by atoms with van der Waals surface area (Å²) >= 11 is 0. The van der Waals surface area contributed by atoms with Gasteiger partial charge in [0.2, 0.25) is 0 Å². The van der Waals surface area contributed by atoms with Gasteiger partial charge in [-0.3, -0.25) is 14.6 Å². The molecule has 0 spiro atoms. The highest BCUT2D eigenvalue weighted by Gasteiger charge is 2.18. The number of carbonyl (C=O) groups excluding carboxylic acids is 1. The second-order valence-electron chi connectivity index (χ2n) is 7.49. The molecule has 0 unspecified atom stereocenters. The molecule has 0 atom stereocenters.